The van der Waals surface area contributed by atoms with Crippen LogP contribution in [-0.4, -0.2) is 26.4 Å². The lowest BCUT2D eigenvalue weighted by Crippen LogP contribution is -2.12. The molecule has 0 aromatic heterocycles. The summed E-state index contributed by atoms with van der Waals surface area (Å²) < 4.78 is 11.4. The zero-order valence-electron chi connectivity index (χ0n) is 10.7. The molecule has 0 saturated carbocycles. The van der Waals surface area contributed by atoms with Gasteiger partial charge in [-0.1, -0.05) is 11.6 Å². The van der Waals surface area contributed by atoms with Crippen molar-refractivity contribution in [2.75, 3.05) is 20.3 Å². The van der Waals surface area contributed by atoms with E-state index < -0.39 is 0 Å². The molecule has 1 fully saturated rings. The highest BCUT2D eigenvalue weighted by atomic mass is 35.5. The molecule has 0 amide bonds. The maximum absolute atomic E-state index is 5.99. The summed E-state index contributed by atoms with van der Waals surface area (Å²) >= 11 is 5.99. The summed E-state index contributed by atoms with van der Waals surface area (Å²) in [5.74, 6) is 0.909. The van der Waals surface area contributed by atoms with Gasteiger partial charge in [0.15, 0.2) is 0 Å². The van der Waals surface area contributed by atoms with Crippen LogP contribution in [0.3, 0.4) is 0 Å². The molecule has 1 aromatic rings. The van der Waals surface area contributed by atoms with Gasteiger partial charge in [0.1, 0.15) is 5.75 Å². The quantitative estimate of drug-likeness (QED) is 0.861. The van der Waals surface area contributed by atoms with E-state index in [0.29, 0.717) is 12.7 Å². The molecule has 2 rings (SSSR count). The van der Waals surface area contributed by atoms with Crippen molar-refractivity contribution in [3.05, 3.63) is 28.8 Å². The number of ether oxygens (including phenoxy) is 2. The first-order valence-corrected chi connectivity index (χ1v) is 6.85. The zero-order valence-corrected chi connectivity index (χ0v) is 11.5. The molecule has 4 heteroatoms. The van der Waals surface area contributed by atoms with Gasteiger partial charge < -0.3 is 14.8 Å². The van der Waals surface area contributed by atoms with E-state index >= 15 is 0 Å². The van der Waals surface area contributed by atoms with Gasteiger partial charge in [-0.05, 0) is 38.1 Å². The number of hydrogen-bond donors (Lipinski definition) is 1. The first-order chi connectivity index (χ1) is 8.79. The third kappa shape index (κ3) is 3.87. The van der Waals surface area contributed by atoms with Crippen LogP contribution in [0.5, 0.6) is 5.75 Å². The van der Waals surface area contributed by atoms with E-state index in [4.69, 9.17) is 21.1 Å². The van der Waals surface area contributed by atoms with Crippen LogP contribution in [0.15, 0.2) is 18.2 Å². The van der Waals surface area contributed by atoms with E-state index in [1.165, 1.54) is 6.42 Å². The SMILES string of the molecule is CNCc1cc(Cl)ccc1OCCC1CCCO1. The van der Waals surface area contributed by atoms with Gasteiger partial charge in [0.05, 0.1) is 12.7 Å². The van der Waals surface area contributed by atoms with Gasteiger partial charge in [0, 0.05) is 30.2 Å². The molecule has 1 N–H and O–H groups in total. The molecule has 1 aliphatic rings. The molecular weight excluding hydrogens is 250 g/mol. The normalized spacial score (nSPS) is 19.1. The Morgan fingerprint density at radius 2 is 2.39 bits per heavy atom. The average molecular weight is 270 g/mol. The Morgan fingerprint density at radius 3 is 3.11 bits per heavy atom. The molecule has 3 nitrogen and oxygen atoms in total. The van der Waals surface area contributed by atoms with E-state index in [0.717, 1.165) is 42.3 Å². The van der Waals surface area contributed by atoms with Gasteiger partial charge in [-0.3, -0.25) is 0 Å². The Balaban J connectivity index is 1.87. The van der Waals surface area contributed by atoms with Crippen LogP contribution in [0.4, 0.5) is 0 Å². The van der Waals surface area contributed by atoms with Gasteiger partial charge in [-0.25, -0.2) is 0 Å². The first kappa shape index (κ1) is 13.7. The Hall–Kier alpha value is -0.770. The van der Waals surface area contributed by atoms with Crippen molar-refractivity contribution < 1.29 is 9.47 Å². The van der Waals surface area contributed by atoms with Crippen molar-refractivity contribution in [3.63, 3.8) is 0 Å². The summed E-state index contributed by atoms with van der Waals surface area (Å²) in [6.07, 6.45) is 3.68. The number of rotatable bonds is 6. The maximum Gasteiger partial charge on any atom is 0.123 e. The molecule has 0 aliphatic carbocycles. The molecule has 0 bridgehead atoms. The second-order valence-electron chi connectivity index (χ2n) is 4.55. The van der Waals surface area contributed by atoms with Crippen molar-refractivity contribution in [2.24, 2.45) is 0 Å². The molecule has 0 radical (unpaired) electrons. The molecule has 1 aromatic carbocycles. The minimum absolute atomic E-state index is 0.380. The van der Waals surface area contributed by atoms with Crippen molar-refractivity contribution in [2.45, 2.75) is 31.9 Å². The van der Waals surface area contributed by atoms with Crippen LogP contribution in [0.2, 0.25) is 5.02 Å². The fourth-order valence-electron chi connectivity index (χ4n) is 2.19. The largest absolute Gasteiger partial charge is 0.493 e. The summed E-state index contributed by atoms with van der Waals surface area (Å²) in [5.41, 5.74) is 1.09. The highest BCUT2D eigenvalue weighted by Crippen LogP contribution is 2.23. The Kier molecular flexibility index (Phi) is 5.29. The maximum atomic E-state index is 5.99. The topological polar surface area (TPSA) is 30.5 Å². The molecule has 1 unspecified atom stereocenters. The number of halogens is 1. The molecule has 1 saturated heterocycles. The van der Waals surface area contributed by atoms with Crippen LogP contribution in [-0.2, 0) is 11.3 Å². The molecule has 1 aliphatic heterocycles. The molecule has 0 spiro atoms. The molecular formula is C14H20ClNO2. The minimum atomic E-state index is 0.380. The van der Waals surface area contributed by atoms with Crippen molar-refractivity contribution >= 4 is 11.6 Å². The molecule has 1 atom stereocenters. The van der Waals surface area contributed by atoms with Gasteiger partial charge in [0.2, 0.25) is 0 Å². The zero-order chi connectivity index (χ0) is 12.8. The van der Waals surface area contributed by atoms with Crippen LogP contribution < -0.4 is 10.1 Å². The number of hydrogen-bond acceptors (Lipinski definition) is 3. The van der Waals surface area contributed by atoms with Crippen LogP contribution >= 0.6 is 11.6 Å². The average Bonchev–Trinajstić information content (AvgIpc) is 2.85. The van der Waals surface area contributed by atoms with Crippen molar-refractivity contribution in [1.82, 2.24) is 5.32 Å². The van der Waals surface area contributed by atoms with E-state index in [9.17, 15) is 0 Å². The Labute approximate surface area is 113 Å². The smallest absolute Gasteiger partial charge is 0.123 e. The fraction of sp³-hybridized carbons (Fsp3) is 0.571. The number of benzene rings is 1. The summed E-state index contributed by atoms with van der Waals surface area (Å²) in [7, 11) is 1.91. The van der Waals surface area contributed by atoms with E-state index in [-0.39, 0.29) is 0 Å². The Morgan fingerprint density at radius 1 is 1.50 bits per heavy atom. The van der Waals surface area contributed by atoms with E-state index in [1.807, 2.05) is 25.2 Å². The van der Waals surface area contributed by atoms with Crippen molar-refractivity contribution in [1.29, 1.82) is 0 Å². The number of nitrogens with one attached hydrogen (secondary N) is 1. The third-order valence-corrected chi connectivity index (χ3v) is 3.35. The van der Waals surface area contributed by atoms with Crippen LogP contribution in [0, 0.1) is 0 Å². The standard InChI is InChI=1S/C14H20ClNO2/c1-16-10-11-9-12(15)4-5-14(11)18-8-6-13-3-2-7-17-13/h4-5,9,13,16H,2-3,6-8,10H2,1H3. The van der Waals surface area contributed by atoms with E-state index in [2.05, 4.69) is 5.32 Å². The monoisotopic (exact) mass is 269 g/mol. The minimum Gasteiger partial charge on any atom is -0.493 e. The van der Waals surface area contributed by atoms with Gasteiger partial charge in [-0.2, -0.15) is 0 Å². The second kappa shape index (κ2) is 6.98. The summed E-state index contributed by atoms with van der Waals surface area (Å²) in [6, 6.07) is 5.74. The van der Waals surface area contributed by atoms with Crippen LogP contribution in [0.25, 0.3) is 0 Å². The highest BCUT2D eigenvalue weighted by molar-refractivity contribution is 6.30. The predicted octanol–water partition coefficient (Wildman–Crippen LogP) is 3.01. The molecule has 100 valence electrons. The van der Waals surface area contributed by atoms with E-state index in [1.54, 1.807) is 0 Å². The fourth-order valence-corrected chi connectivity index (χ4v) is 2.38. The highest BCUT2D eigenvalue weighted by Gasteiger charge is 2.15. The van der Waals surface area contributed by atoms with Crippen molar-refractivity contribution in [3.8, 4) is 5.75 Å². The Bertz CT molecular complexity index is 378. The molecule has 1 heterocycles. The third-order valence-electron chi connectivity index (χ3n) is 3.11. The van der Waals surface area contributed by atoms with Gasteiger partial charge >= 0.3 is 0 Å². The summed E-state index contributed by atoms with van der Waals surface area (Å²) in [5, 5.41) is 3.86. The van der Waals surface area contributed by atoms with Gasteiger partial charge in [-0.15, -0.1) is 0 Å². The lowest BCUT2D eigenvalue weighted by Gasteiger charge is -2.14. The summed E-state index contributed by atoms with van der Waals surface area (Å²) in [4.78, 5) is 0. The van der Waals surface area contributed by atoms with Crippen LogP contribution in [0.1, 0.15) is 24.8 Å². The lowest BCUT2D eigenvalue weighted by atomic mass is 10.2. The first-order valence-electron chi connectivity index (χ1n) is 6.47. The predicted molar refractivity (Wildman–Crippen MR) is 73.3 cm³/mol. The summed E-state index contributed by atoms with van der Waals surface area (Å²) in [6.45, 7) is 2.36. The molecule has 18 heavy (non-hydrogen) atoms. The second-order valence-corrected chi connectivity index (χ2v) is 4.99. The lowest BCUT2D eigenvalue weighted by molar-refractivity contribution is 0.0902. The van der Waals surface area contributed by atoms with Gasteiger partial charge in [0.25, 0.3) is 0 Å².